The molecule has 20 rings (SSSR count). The first-order chi connectivity index (χ1) is 51.5. The van der Waals surface area contributed by atoms with E-state index in [-0.39, 0.29) is 0 Å². The fourth-order valence-electron chi connectivity index (χ4n) is 16.2. The first kappa shape index (κ1) is 60.2. The molecule has 18 aromatic carbocycles. The molecule has 4 nitrogen and oxygen atoms in total. The molecule has 0 saturated carbocycles. The summed E-state index contributed by atoms with van der Waals surface area (Å²) < 4.78 is 4.89. The van der Waals surface area contributed by atoms with Crippen molar-refractivity contribution in [1.82, 2.24) is 9.13 Å². The highest BCUT2D eigenvalue weighted by atomic mass is 15.2. The molecule has 486 valence electrons. The maximum absolute atomic E-state index is 2.47. The van der Waals surface area contributed by atoms with Crippen LogP contribution in [0.3, 0.4) is 0 Å². The highest BCUT2D eigenvalue weighted by molar-refractivity contribution is 6.19. The van der Waals surface area contributed by atoms with Crippen LogP contribution in [0.4, 0.5) is 34.1 Å². The first-order valence-electron chi connectivity index (χ1n) is 35.8. The van der Waals surface area contributed by atoms with E-state index >= 15 is 0 Å². The van der Waals surface area contributed by atoms with E-state index in [0.29, 0.717) is 0 Å². The fourth-order valence-corrected chi connectivity index (χ4v) is 16.2. The van der Waals surface area contributed by atoms with Crippen LogP contribution >= 0.6 is 0 Å². The Bertz CT molecular complexity index is 6680. The molecule has 20 aromatic rings. The minimum atomic E-state index is 1.06. The Balaban J connectivity index is 0.661. The average molecular weight is 1320 g/mol. The highest BCUT2D eigenvalue weighted by Crippen LogP contribution is 2.47. The van der Waals surface area contributed by atoms with E-state index in [9.17, 15) is 0 Å². The summed E-state index contributed by atoms with van der Waals surface area (Å²) in [6, 6.07) is 147. The Labute approximate surface area is 603 Å². The first-order valence-corrected chi connectivity index (χ1v) is 35.8. The molecule has 0 saturated heterocycles. The zero-order chi connectivity index (χ0) is 68.6. The fraction of sp³-hybridized carbons (Fsp3) is 0. The van der Waals surface area contributed by atoms with Gasteiger partial charge >= 0.3 is 0 Å². The lowest BCUT2D eigenvalue weighted by molar-refractivity contribution is 1.17. The Kier molecular flexibility index (Phi) is 14.5. The maximum atomic E-state index is 2.47. The molecular formula is C100H66N4. The molecule has 2 heterocycles. The predicted molar refractivity (Wildman–Crippen MR) is 442 cm³/mol. The number of benzene rings is 18. The third-order valence-corrected chi connectivity index (χ3v) is 21.2. The summed E-state index contributed by atoms with van der Waals surface area (Å²) in [5, 5.41) is 14.6. The van der Waals surface area contributed by atoms with E-state index in [0.717, 1.165) is 73.2 Å². The van der Waals surface area contributed by atoms with Crippen molar-refractivity contribution < 1.29 is 0 Å². The van der Waals surface area contributed by atoms with Crippen molar-refractivity contribution in [1.29, 1.82) is 0 Å². The summed E-state index contributed by atoms with van der Waals surface area (Å²) in [5.74, 6) is 0. The van der Waals surface area contributed by atoms with Crippen LogP contribution in [0.5, 0.6) is 0 Å². The molecule has 0 bridgehead atoms. The van der Waals surface area contributed by atoms with E-state index in [1.165, 1.54) is 115 Å². The molecule has 0 aliphatic rings. The van der Waals surface area contributed by atoms with Gasteiger partial charge in [-0.05, 0) is 233 Å². The van der Waals surface area contributed by atoms with Gasteiger partial charge in [0.05, 0.1) is 27.8 Å². The van der Waals surface area contributed by atoms with Crippen molar-refractivity contribution in [2.75, 3.05) is 9.80 Å². The van der Waals surface area contributed by atoms with E-state index in [4.69, 9.17) is 0 Å². The van der Waals surface area contributed by atoms with Crippen LogP contribution in [0, 0.1) is 0 Å². The van der Waals surface area contributed by atoms with Gasteiger partial charge < -0.3 is 18.9 Å². The van der Waals surface area contributed by atoms with Crippen LogP contribution in [-0.2, 0) is 0 Å². The summed E-state index contributed by atoms with van der Waals surface area (Å²) in [7, 11) is 0. The highest BCUT2D eigenvalue weighted by Gasteiger charge is 2.23. The molecule has 0 N–H and O–H groups in total. The van der Waals surface area contributed by atoms with Crippen molar-refractivity contribution in [2.45, 2.75) is 0 Å². The lowest BCUT2D eigenvalue weighted by Gasteiger charge is -2.28. The zero-order valence-electron chi connectivity index (χ0n) is 56.9. The molecule has 0 aliphatic carbocycles. The normalized spacial score (nSPS) is 11.7. The molecule has 4 heteroatoms. The van der Waals surface area contributed by atoms with E-state index in [1.807, 2.05) is 0 Å². The van der Waals surface area contributed by atoms with Gasteiger partial charge in [0, 0.05) is 66.9 Å². The Hall–Kier alpha value is -13.8. The second-order valence-electron chi connectivity index (χ2n) is 27.2. The van der Waals surface area contributed by atoms with Crippen LogP contribution in [0.1, 0.15) is 0 Å². The topological polar surface area (TPSA) is 16.3 Å². The lowest BCUT2D eigenvalue weighted by atomic mass is 9.95. The molecule has 0 radical (unpaired) electrons. The molecule has 0 unspecified atom stereocenters. The molecule has 0 amide bonds. The van der Waals surface area contributed by atoms with Gasteiger partial charge in [0.15, 0.2) is 0 Å². The molecule has 0 aliphatic heterocycles. The summed E-state index contributed by atoms with van der Waals surface area (Å²) in [6.45, 7) is 0. The largest absolute Gasteiger partial charge is 0.310 e. The Morgan fingerprint density at radius 2 is 0.567 bits per heavy atom. The van der Waals surface area contributed by atoms with Gasteiger partial charge in [0.2, 0.25) is 0 Å². The molecule has 0 spiro atoms. The zero-order valence-corrected chi connectivity index (χ0v) is 56.9. The second kappa shape index (κ2) is 25.1. The summed E-state index contributed by atoms with van der Waals surface area (Å²) in [6.07, 6.45) is 0. The Morgan fingerprint density at radius 3 is 1.21 bits per heavy atom. The van der Waals surface area contributed by atoms with Crippen molar-refractivity contribution >= 4 is 121 Å². The van der Waals surface area contributed by atoms with Crippen LogP contribution in [-0.4, -0.2) is 9.13 Å². The smallest absolute Gasteiger partial charge is 0.0547 e. The van der Waals surface area contributed by atoms with Gasteiger partial charge in [-0.2, -0.15) is 0 Å². The van der Waals surface area contributed by atoms with Gasteiger partial charge in [-0.15, -0.1) is 0 Å². The number of para-hydroxylation sites is 2. The predicted octanol–water partition coefficient (Wildman–Crippen LogP) is 27.8. The molecule has 104 heavy (non-hydrogen) atoms. The Morgan fingerprint density at radius 1 is 0.173 bits per heavy atom. The van der Waals surface area contributed by atoms with Gasteiger partial charge in [-0.3, -0.25) is 0 Å². The molecule has 0 atom stereocenters. The summed E-state index contributed by atoms with van der Waals surface area (Å²) in [4.78, 5) is 4.81. The SMILES string of the molecule is c1ccc(-c2ccc(N(c3ccc(-n4c5ccccc5c5cc6ccccc6cc54)cc3)c3cccc(-c4ccc5cc(-c6cccc7c6c6cc8ccccc8cc6n7-c6ccc(N(c7ccc(-c8ccccc8)cc7)c7ccccc7-c7cccc8ccccc78)cc6)ccc5c4)c3)cc2)cc1. The number of aromatic nitrogens is 2. The van der Waals surface area contributed by atoms with E-state index < -0.39 is 0 Å². The number of hydrogen-bond acceptors (Lipinski definition) is 2. The molecule has 0 fully saturated rings. The van der Waals surface area contributed by atoms with Crippen molar-refractivity contribution in [3.63, 3.8) is 0 Å². The molecular weight excluding hydrogens is 1260 g/mol. The van der Waals surface area contributed by atoms with Crippen LogP contribution in [0.15, 0.2) is 400 Å². The minimum absolute atomic E-state index is 1.06. The monoisotopic (exact) mass is 1320 g/mol. The average Bonchev–Trinajstić information content (AvgIpc) is 1.56. The summed E-state index contributed by atoms with van der Waals surface area (Å²) >= 11 is 0. The lowest BCUT2D eigenvalue weighted by Crippen LogP contribution is -2.11. The van der Waals surface area contributed by atoms with Gasteiger partial charge in [0.1, 0.15) is 0 Å². The number of rotatable bonds is 13. The van der Waals surface area contributed by atoms with Crippen molar-refractivity contribution in [2.24, 2.45) is 0 Å². The van der Waals surface area contributed by atoms with Crippen LogP contribution < -0.4 is 9.80 Å². The van der Waals surface area contributed by atoms with Crippen molar-refractivity contribution in [3.8, 4) is 67.0 Å². The van der Waals surface area contributed by atoms with Crippen LogP contribution in [0.2, 0.25) is 0 Å². The third-order valence-electron chi connectivity index (χ3n) is 21.2. The molecule has 2 aromatic heterocycles. The number of nitrogens with zero attached hydrogens (tertiary/aromatic N) is 4. The standard InChI is InChI=1S/C100H66N4/c1-3-20-67(21-4-1)69-44-48-81(49-45-69)101(82-52-56-85(57-53-82)103-96-38-16-14-34-92(96)93-63-73-25-7-9-27-75(73)65-98(93)103)87-31-17-30-72(62-87)77-40-41-79-61-80(43-42-78(79)60-77)89-35-19-39-97-100(89)94-64-74-26-8-10-28-76(74)66-99(94)104(97)86-58-54-84(55-59-86)102(83-50-46-70(47-51-83)68-22-5-2-6-23-68)95-37-15-13-33-91(95)90-36-18-29-71-24-11-12-32-88(71)90/h1-66H. The van der Waals surface area contributed by atoms with Gasteiger partial charge in [-0.1, -0.05) is 261 Å². The van der Waals surface area contributed by atoms with Crippen LogP contribution in [0.25, 0.3) is 154 Å². The minimum Gasteiger partial charge on any atom is -0.310 e. The third kappa shape index (κ3) is 10.5. The number of anilines is 6. The van der Waals surface area contributed by atoms with E-state index in [1.54, 1.807) is 0 Å². The summed E-state index contributed by atoms with van der Waals surface area (Å²) in [5.41, 5.74) is 25.1. The quantitative estimate of drug-likeness (QED) is 0.114. The maximum Gasteiger partial charge on any atom is 0.0547 e. The van der Waals surface area contributed by atoms with Gasteiger partial charge in [0.25, 0.3) is 0 Å². The van der Waals surface area contributed by atoms with Gasteiger partial charge in [-0.25, -0.2) is 0 Å². The second-order valence-corrected chi connectivity index (χ2v) is 27.2. The van der Waals surface area contributed by atoms with E-state index in [2.05, 4.69) is 419 Å². The number of fused-ring (bicyclic) bond motifs is 10. The number of hydrogen-bond donors (Lipinski definition) is 0. The van der Waals surface area contributed by atoms with Crippen molar-refractivity contribution in [3.05, 3.63) is 400 Å².